The summed E-state index contributed by atoms with van der Waals surface area (Å²) in [7, 11) is 1.69. The Kier molecular flexibility index (Phi) is 9.50. The zero-order valence-electron chi connectivity index (χ0n) is 15.3. The highest BCUT2D eigenvalue weighted by Gasteiger charge is 2.29. The molecule has 26 heavy (non-hydrogen) atoms. The fraction of sp³-hybridized carbons (Fsp3) is 0.611. The molecule has 0 bridgehead atoms. The van der Waals surface area contributed by atoms with Crippen LogP contribution in [-0.4, -0.2) is 57.9 Å². The van der Waals surface area contributed by atoms with E-state index in [0.29, 0.717) is 19.1 Å². The van der Waals surface area contributed by atoms with Crippen LogP contribution in [0.2, 0.25) is 0 Å². The number of halogens is 2. The predicted octanol–water partition coefficient (Wildman–Crippen LogP) is 1.86. The van der Waals surface area contributed by atoms with Crippen LogP contribution in [0.1, 0.15) is 13.3 Å². The van der Waals surface area contributed by atoms with Crippen molar-refractivity contribution >= 4 is 36.4 Å². The van der Waals surface area contributed by atoms with Crippen LogP contribution in [0.5, 0.6) is 5.75 Å². The standard InChI is InChI=1S/C18H27N3O3.2ClH/c1-13-17(19-7-9-24-13)18(22)20-11-14-6-8-21(12-14)15-4-3-5-16(10-15)23-2;;/h3-5,10,13-14,17,19H,6-9,11-12H2,1-2H3,(H,20,22);2*1H/t13-,14?,17+;;/m1../s1. The molecule has 1 aromatic rings. The first-order valence-corrected chi connectivity index (χ1v) is 8.69. The Morgan fingerprint density at radius 2 is 2.23 bits per heavy atom. The lowest BCUT2D eigenvalue weighted by molar-refractivity contribution is -0.129. The third-order valence-electron chi connectivity index (χ3n) is 4.87. The molecule has 2 N–H and O–H groups in total. The molecule has 2 aliphatic rings. The van der Waals surface area contributed by atoms with Gasteiger partial charge >= 0.3 is 0 Å². The van der Waals surface area contributed by atoms with Crippen LogP contribution in [0.3, 0.4) is 0 Å². The van der Waals surface area contributed by atoms with E-state index in [1.54, 1.807) is 7.11 Å². The molecule has 0 aliphatic carbocycles. The third-order valence-corrected chi connectivity index (χ3v) is 4.87. The highest BCUT2D eigenvalue weighted by atomic mass is 35.5. The van der Waals surface area contributed by atoms with Crippen LogP contribution in [0.4, 0.5) is 5.69 Å². The van der Waals surface area contributed by atoms with Gasteiger partial charge in [-0.3, -0.25) is 4.79 Å². The molecule has 2 saturated heterocycles. The van der Waals surface area contributed by atoms with Crippen molar-refractivity contribution in [3.05, 3.63) is 24.3 Å². The van der Waals surface area contributed by atoms with Gasteiger partial charge in [-0.25, -0.2) is 0 Å². The number of anilines is 1. The van der Waals surface area contributed by atoms with Gasteiger partial charge in [0.05, 0.1) is 19.8 Å². The van der Waals surface area contributed by atoms with Crippen LogP contribution < -0.4 is 20.3 Å². The van der Waals surface area contributed by atoms with Crippen molar-refractivity contribution in [2.75, 3.05) is 44.8 Å². The SMILES string of the molecule is COc1cccc(N2CCC(CNC(=O)[C@H]3NCCO[C@@H]3C)C2)c1.Cl.Cl. The van der Waals surface area contributed by atoms with Crippen LogP contribution in [0.15, 0.2) is 24.3 Å². The van der Waals surface area contributed by atoms with Gasteiger partial charge in [-0.2, -0.15) is 0 Å². The van der Waals surface area contributed by atoms with E-state index in [1.807, 2.05) is 19.1 Å². The first kappa shape index (κ1) is 22.8. The van der Waals surface area contributed by atoms with Gasteiger partial charge in [0.25, 0.3) is 0 Å². The number of nitrogens with one attached hydrogen (secondary N) is 2. The fourth-order valence-electron chi connectivity index (χ4n) is 3.42. The minimum Gasteiger partial charge on any atom is -0.497 e. The summed E-state index contributed by atoms with van der Waals surface area (Å²) in [6.07, 6.45) is 1.01. The molecule has 3 rings (SSSR count). The second kappa shape index (κ2) is 10.8. The normalized spacial score (nSPS) is 25.0. The van der Waals surface area contributed by atoms with Crippen molar-refractivity contribution in [2.45, 2.75) is 25.5 Å². The highest BCUT2D eigenvalue weighted by Crippen LogP contribution is 2.26. The Morgan fingerprint density at radius 3 is 2.96 bits per heavy atom. The summed E-state index contributed by atoms with van der Waals surface area (Å²) in [5.74, 6) is 1.39. The van der Waals surface area contributed by atoms with Crippen LogP contribution in [0, 0.1) is 5.92 Å². The van der Waals surface area contributed by atoms with Crippen LogP contribution in [-0.2, 0) is 9.53 Å². The Bertz CT molecular complexity index is 576. The summed E-state index contributed by atoms with van der Waals surface area (Å²) in [6, 6.07) is 7.90. The second-order valence-corrected chi connectivity index (χ2v) is 6.56. The topological polar surface area (TPSA) is 62.8 Å². The maximum absolute atomic E-state index is 12.3. The quantitative estimate of drug-likeness (QED) is 0.782. The number of hydrogen-bond acceptors (Lipinski definition) is 5. The maximum Gasteiger partial charge on any atom is 0.239 e. The smallest absolute Gasteiger partial charge is 0.239 e. The van der Waals surface area contributed by atoms with E-state index in [1.165, 1.54) is 5.69 Å². The van der Waals surface area contributed by atoms with Gasteiger partial charge in [0.15, 0.2) is 0 Å². The van der Waals surface area contributed by atoms with E-state index in [9.17, 15) is 4.79 Å². The first-order valence-electron chi connectivity index (χ1n) is 8.69. The highest BCUT2D eigenvalue weighted by molar-refractivity contribution is 5.85. The van der Waals surface area contributed by atoms with E-state index >= 15 is 0 Å². The molecule has 1 amide bonds. The number of rotatable bonds is 5. The first-order chi connectivity index (χ1) is 11.7. The van der Waals surface area contributed by atoms with E-state index < -0.39 is 0 Å². The summed E-state index contributed by atoms with van der Waals surface area (Å²) >= 11 is 0. The van der Waals surface area contributed by atoms with Gasteiger partial charge in [0.2, 0.25) is 5.91 Å². The largest absolute Gasteiger partial charge is 0.497 e. The Morgan fingerprint density at radius 1 is 1.42 bits per heavy atom. The molecule has 0 radical (unpaired) electrons. The molecule has 3 atom stereocenters. The average Bonchev–Trinajstić information content (AvgIpc) is 3.09. The van der Waals surface area contributed by atoms with E-state index in [0.717, 1.165) is 31.8 Å². The van der Waals surface area contributed by atoms with Crippen molar-refractivity contribution < 1.29 is 14.3 Å². The van der Waals surface area contributed by atoms with E-state index in [2.05, 4.69) is 27.7 Å². The summed E-state index contributed by atoms with van der Waals surface area (Å²) < 4.78 is 10.8. The molecule has 2 fully saturated rings. The number of amides is 1. The van der Waals surface area contributed by atoms with Gasteiger partial charge in [0, 0.05) is 37.9 Å². The molecule has 148 valence electrons. The van der Waals surface area contributed by atoms with Crippen molar-refractivity contribution in [1.82, 2.24) is 10.6 Å². The molecule has 0 aromatic heterocycles. The average molecular weight is 406 g/mol. The molecule has 0 saturated carbocycles. The predicted molar refractivity (Wildman–Crippen MR) is 108 cm³/mol. The van der Waals surface area contributed by atoms with E-state index in [-0.39, 0.29) is 42.9 Å². The minimum absolute atomic E-state index is 0. The van der Waals surface area contributed by atoms with Crippen molar-refractivity contribution in [2.24, 2.45) is 5.92 Å². The Labute approximate surface area is 167 Å². The molecule has 0 spiro atoms. The van der Waals surface area contributed by atoms with Gasteiger partial charge < -0.3 is 25.0 Å². The number of benzene rings is 1. The second-order valence-electron chi connectivity index (χ2n) is 6.56. The van der Waals surface area contributed by atoms with Gasteiger partial charge in [-0.15, -0.1) is 24.8 Å². The van der Waals surface area contributed by atoms with E-state index in [4.69, 9.17) is 9.47 Å². The molecule has 1 unspecified atom stereocenters. The molecule has 1 aromatic carbocycles. The third kappa shape index (κ3) is 5.64. The molecule has 8 heteroatoms. The zero-order valence-corrected chi connectivity index (χ0v) is 16.9. The Balaban J connectivity index is 0.00000169. The summed E-state index contributed by atoms with van der Waals surface area (Å²) in [5, 5.41) is 6.32. The van der Waals surface area contributed by atoms with Gasteiger partial charge in [0.1, 0.15) is 11.8 Å². The zero-order chi connectivity index (χ0) is 16.9. The van der Waals surface area contributed by atoms with Crippen LogP contribution in [0.25, 0.3) is 0 Å². The number of hydrogen-bond donors (Lipinski definition) is 2. The minimum atomic E-state index is -0.241. The molecule has 6 nitrogen and oxygen atoms in total. The van der Waals surface area contributed by atoms with Crippen molar-refractivity contribution in [1.29, 1.82) is 0 Å². The number of methoxy groups -OCH3 is 1. The molecule has 2 heterocycles. The lowest BCUT2D eigenvalue weighted by Crippen LogP contribution is -2.56. The number of carbonyl (C=O) groups is 1. The number of morpholine rings is 1. The number of carbonyl (C=O) groups excluding carboxylic acids is 1. The number of ether oxygens (including phenoxy) is 2. The maximum atomic E-state index is 12.3. The molecule has 2 aliphatic heterocycles. The summed E-state index contributed by atoms with van der Waals surface area (Å²) in [4.78, 5) is 14.7. The monoisotopic (exact) mass is 405 g/mol. The molecular weight excluding hydrogens is 377 g/mol. The summed E-state index contributed by atoms with van der Waals surface area (Å²) in [5.41, 5.74) is 1.18. The van der Waals surface area contributed by atoms with Gasteiger partial charge in [-0.1, -0.05) is 6.07 Å². The lowest BCUT2D eigenvalue weighted by Gasteiger charge is -2.29. The summed E-state index contributed by atoms with van der Waals surface area (Å²) in [6.45, 7) is 6.02. The van der Waals surface area contributed by atoms with Gasteiger partial charge in [-0.05, 0) is 31.4 Å². The van der Waals surface area contributed by atoms with Crippen molar-refractivity contribution in [3.63, 3.8) is 0 Å². The molecular formula is C18H29Cl2N3O3. The lowest BCUT2D eigenvalue weighted by atomic mass is 10.1. The van der Waals surface area contributed by atoms with Crippen LogP contribution >= 0.6 is 24.8 Å². The number of nitrogens with zero attached hydrogens (tertiary/aromatic N) is 1. The Hall–Kier alpha value is -1.21. The fourth-order valence-corrected chi connectivity index (χ4v) is 3.42. The van der Waals surface area contributed by atoms with Crippen molar-refractivity contribution in [3.8, 4) is 5.75 Å².